The van der Waals surface area contributed by atoms with Crippen LogP contribution < -0.4 is 10.6 Å². The van der Waals surface area contributed by atoms with Crippen LogP contribution in [0, 0.1) is 0 Å². The van der Waals surface area contributed by atoms with Gasteiger partial charge in [0.25, 0.3) is 0 Å². The first-order valence-corrected chi connectivity index (χ1v) is 9.21. The van der Waals surface area contributed by atoms with E-state index in [-0.39, 0.29) is 24.0 Å². The number of halogens is 1. The third-order valence-electron chi connectivity index (χ3n) is 3.66. The molecule has 2 N–H and O–H groups in total. The molecule has 0 amide bonds. The molecule has 126 valence electrons. The van der Waals surface area contributed by atoms with Crippen molar-refractivity contribution in [3.63, 3.8) is 0 Å². The lowest BCUT2D eigenvalue weighted by Crippen LogP contribution is -2.39. The van der Waals surface area contributed by atoms with Gasteiger partial charge in [0.1, 0.15) is 0 Å². The van der Waals surface area contributed by atoms with E-state index in [9.17, 15) is 0 Å². The Bertz CT molecular complexity index is 266. The zero-order valence-electron chi connectivity index (χ0n) is 13.9. The molecular formula is C15H33IN4S. The summed E-state index contributed by atoms with van der Waals surface area (Å²) < 4.78 is 0. The fourth-order valence-corrected chi connectivity index (χ4v) is 3.55. The van der Waals surface area contributed by atoms with Crippen LogP contribution in [0.2, 0.25) is 0 Å². The van der Waals surface area contributed by atoms with Crippen molar-refractivity contribution in [2.45, 2.75) is 45.3 Å². The number of hydrogen-bond acceptors (Lipinski definition) is 3. The van der Waals surface area contributed by atoms with Gasteiger partial charge in [-0.2, -0.15) is 11.8 Å². The van der Waals surface area contributed by atoms with Crippen LogP contribution in [0.1, 0.15) is 40.0 Å². The Balaban J connectivity index is 0.00000400. The number of hydrogen-bond donors (Lipinski definition) is 2. The second-order valence-electron chi connectivity index (χ2n) is 5.16. The van der Waals surface area contributed by atoms with Crippen LogP contribution in [0.25, 0.3) is 0 Å². The van der Waals surface area contributed by atoms with Gasteiger partial charge >= 0.3 is 0 Å². The number of nitrogens with one attached hydrogen (secondary N) is 2. The van der Waals surface area contributed by atoms with E-state index < -0.39 is 0 Å². The van der Waals surface area contributed by atoms with E-state index in [2.05, 4.69) is 48.1 Å². The molecule has 6 heteroatoms. The molecule has 0 aliphatic carbocycles. The molecule has 1 aliphatic heterocycles. The molecule has 0 aromatic rings. The Hall–Kier alpha value is 0.310. The SMILES string of the molecule is CCNC(=NCC1CCCS1)NCCCN(CC)CC.I. The summed E-state index contributed by atoms with van der Waals surface area (Å²) in [5.41, 5.74) is 0. The first-order chi connectivity index (χ1) is 9.80. The van der Waals surface area contributed by atoms with Gasteiger partial charge in [-0.05, 0) is 51.6 Å². The monoisotopic (exact) mass is 428 g/mol. The second kappa shape index (κ2) is 13.9. The fourth-order valence-electron chi connectivity index (χ4n) is 2.37. The van der Waals surface area contributed by atoms with Gasteiger partial charge in [0, 0.05) is 18.3 Å². The average molecular weight is 428 g/mol. The number of aliphatic imine (C=N–C) groups is 1. The quantitative estimate of drug-likeness (QED) is 0.257. The summed E-state index contributed by atoms with van der Waals surface area (Å²) >= 11 is 2.07. The molecule has 4 nitrogen and oxygen atoms in total. The minimum Gasteiger partial charge on any atom is -0.357 e. The molecule has 1 atom stereocenters. The Labute approximate surface area is 152 Å². The zero-order chi connectivity index (χ0) is 14.6. The minimum atomic E-state index is 0. The lowest BCUT2D eigenvalue weighted by molar-refractivity contribution is 0.300. The predicted octanol–water partition coefficient (Wildman–Crippen LogP) is 2.79. The van der Waals surface area contributed by atoms with Crippen LogP contribution in [0.5, 0.6) is 0 Å². The number of nitrogens with zero attached hydrogens (tertiary/aromatic N) is 2. The molecule has 1 saturated heterocycles. The second-order valence-corrected chi connectivity index (χ2v) is 6.57. The van der Waals surface area contributed by atoms with Gasteiger partial charge in [-0.15, -0.1) is 24.0 Å². The van der Waals surface area contributed by atoms with Crippen molar-refractivity contribution in [2.75, 3.05) is 45.0 Å². The molecule has 0 aromatic carbocycles. The van der Waals surface area contributed by atoms with Crippen molar-refractivity contribution < 1.29 is 0 Å². The Morgan fingerprint density at radius 3 is 2.57 bits per heavy atom. The molecule has 0 radical (unpaired) electrons. The highest BCUT2D eigenvalue weighted by molar-refractivity contribution is 14.0. The highest BCUT2D eigenvalue weighted by Gasteiger charge is 2.14. The minimum absolute atomic E-state index is 0. The molecule has 0 aromatic heterocycles. The summed E-state index contributed by atoms with van der Waals surface area (Å²) in [6.07, 6.45) is 3.86. The summed E-state index contributed by atoms with van der Waals surface area (Å²) in [4.78, 5) is 7.17. The van der Waals surface area contributed by atoms with Crippen molar-refractivity contribution in [2.24, 2.45) is 4.99 Å². The normalized spacial score (nSPS) is 18.7. The molecule has 1 unspecified atom stereocenters. The van der Waals surface area contributed by atoms with Gasteiger partial charge < -0.3 is 15.5 Å². The van der Waals surface area contributed by atoms with Gasteiger partial charge in [0.15, 0.2) is 5.96 Å². The van der Waals surface area contributed by atoms with Crippen LogP contribution in [0.3, 0.4) is 0 Å². The molecule has 0 bridgehead atoms. The number of guanidine groups is 1. The van der Waals surface area contributed by atoms with Gasteiger partial charge in [0.05, 0.1) is 6.54 Å². The lowest BCUT2D eigenvalue weighted by atomic mass is 10.2. The van der Waals surface area contributed by atoms with E-state index in [1.165, 1.54) is 25.0 Å². The molecule has 0 spiro atoms. The third kappa shape index (κ3) is 9.84. The molecule has 1 aliphatic rings. The fraction of sp³-hybridized carbons (Fsp3) is 0.933. The molecular weight excluding hydrogens is 395 g/mol. The van der Waals surface area contributed by atoms with Gasteiger partial charge in [0.2, 0.25) is 0 Å². The van der Waals surface area contributed by atoms with E-state index in [0.29, 0.717) is 0 Å². The summed E-state index contributed by atoms with van der Waals surface area (Å²) in [6, 6.07) is 0. The number of rotatable bonds is 9. The topological polar surface area (TPSA) is 39.7 Å². The summed E-state index contributed by atoms with van der Waals surface area (Å²) in [7, 11) is 0. The van der Waals surface area contributed by atoms with E-state index in [1.54, 1.807) is 0 Å². The maximum atomic E-state index is 4.71. The first-order valence-electron chi connectivity index (χ1n) is 8.16. The summed E-state index contributed by atoms with van der Waals surface area (Å²) in [5, 5.41) is 7.53. The van der Waals surface area contributed by atoms with Crippen LogP contribution in [-0.2, 0) is 0 Å². The van der Waals surface area contributed by atoms with Crippen molar-refractivity contribution in [3.05, 3.63) is 0 Å². The molecule has 1 rings (SSSR count). The highest BCUT2D eigenvalue weighted by atomic mass is 127. The maximum absolute atomic E-state index is 4.71. The van der Waals surface area contributed by atoms with Crippen molar-refractivity contribution in [1.82, 2.24) is 15.5 Å². The number of thioether (sulfide) groups is 1. The van der Waals surface area contributed by atoms with Crippen molar-refractivity contribution >= 4 is 41.7 Å². The van der Waals surface area contributed by atoms with E-state index in [4.69, 9.17) is 4.99 Å². The predicted molar refractivity (Wildman–Crippen MR) is 107 cm³/mol. The van der Waals surface area contributed by atoms with Crippen LogP contribution >= 0.6 is 35.7 Å². The largest absolute Gasteiger partial charge is 0.357 e. The molecule has 21 heavy (non-hydrogen) atoms. The van der Waals surface area contributed by atoms with E-state index in [1.807, 2.05) is 0 Å². The highest BCUT2D eigenvalue weighted by Crippen LogP contribution is 2.25. The van der Waals surface area contributed by atoms with E-state index in [0.717, 1.165) is 50.5 Å². The first kappa shape index (κ1) is 21.3. The summed E-state index contributed by atoms with van der Waals surface area (Å²) in [5.74, 6) is 2.30. The van der Waals surface area contributed by atoms with Crippen LogP contribution in [0.15, 0.2) is 4.99 Å². The average Bonchev–Trinajstić information content (AvgIpc) is 2.98. The Morgan fingerprint density at radius 1 is 1.24 bits per heavy atom. The lowest BCUT2D eigenvalue weighted by Gasteiger charge is -2.18. The van der Waals surface area contributed by atoms with Crippen molar-refractivity contribution in [3.8, 4) is 0 Å². The van der Waals surface area contributed by atoms with E-state index >= 15 is 0 Å². The Morgan fingerprint density at radius 2 is 2.00 bits per heavy atom. The molecule has 1 heterocycles. The van der Waals surface area contributed by atoms with Gasteiger partial charge in [-0.25, -0.2) is 0 Å². The third-order valence-corrected chi connectivity index (χ3v) is 5.04. The molecule has 1 fully saturated rings. The molecule has 0 saturated carbocycles. The van der Waals surface area contributed by atoms with Gasteiger partial charge in [-0.1, -0.05) is 13.8 Å². The van der Waals surface area contributed by atoms with Gasteiger partial charge in [-0.3, -0.25) is 4.99 Å². The van der Waals surface area contributed by atoms with Crippen molar-refractivity contribution in [1.29, 1.82) is 0 Å². The Kier molecular flexibility index (Phi) is 14.1. The maximum Gasteiger partial charge on any atom is 0.191 e. The summed E-state index contributed by atoms with van der Waals surface area (Å²) in [6.45, 7) is 12.9. The zero-order valence-corrected chi connectivity index (χ0v) is 17.0. The van der Waals surface area contributed by atoms with Crippen LogP contribution in [-0.4, -0.2) is 61.1 Å². The smallest absolute Gasteiger partial charge is 0.191 e. The van der Waals surface area contributed by atoms with Crippen LogP contribution in [0.4, 0.5) is 0 Å². The standard InChI is InChI=1S/C15H32N4S.HI/c1-4-16-15(18-13-14-9-7-12-20-14)17-10-8-11-19(5-2)6-3;/h14H,4-13H2,1-3H3,(H2,16,17,18);1H.